The van der Waals surface area contributed by atoms with Crippen molar-refractivity contribution >= 4 is 33.4 Å². The van der Waals surface area contributed by atoms with Crippen LogP contribution in [0.5, 0.6) is 0 Å². The number of hydrogen-bond donors (Lipinski definition) is 1. The lowest BCUT2D eigenvalue weighted by Crippen LogP contribution is -2.33. The molecule has 0 radical (unpaired) electrons. The molecule has 0 atom stereocenters. The average Bonchev–Trinajstić information content (AvgIpc) is 2.30. The topological polar surface area (TPSA) is 52.9 Å². The van der Waals surface area contributed by atoms with Crippen molar-refractivity contribution in [3.05, 3.63) is 33.3 Å². The first-order valence-electron chi connectivity index (χ1n) is 5.00. The van der Waals surface area contributed by atoms with Gasteiger partial charge in [-0.15, -0.1) is 0 Å². The highest BCUT2D eigenvalue weighted by atomic mass is 79.9. The van der Waals surface area contributed by atoms with E-state index in [2.05, 4.69) is 27.3 Å². The number of amides is 1. The molecule has 0 aromatic heterocycles. The van der Waals surface area contributed by atoms with Crippen LogP contribution in [0.2, 0.25) is 5.02 Å². The molecule has 3 nitrogen and oxygen atoms in total. The van der Waals surface area contributed by atoms with E-state index in [1.165, 1.54) is 0 Å². The fraction of sp³-hybridized carbons (Fsp3) is 0.333. The van der Waals surface area contributed by atoms with Crippen molar-refractivity contribution in [1.82, 2.24) is 5.32 Å². The number of carbonyl (C=O) groups excluding carboxylic acids is 1. The van der Waals surface area contributed by atoms with Crippen LogP contribution in [0.25, 0.3) is 0 Å². The fourth-order valence-electron chi connectivity index (χ4n) is 1.08. The monoisotopic (exact) mass is 314 g/mol. The summed E-state index contributed by atoms with van der Waals surface area (Å²) in [6.45, 7) is 3.85. The quantitative estimate of drug-likeness (QED) is 0.929. The molecule has 0 aliphatic carbocycles. The molecule has 0 fully saturated rings. The van der Waals surface area contributed by atoms with Crippen LogP contribution in [-0.2, 0) is 0 Å². The van der Waals surface area contributed by atoms with E-state index in [0.29, 0.717) is 21.6 Å². The molecule has 0 aliphatic rings. The van der Waals surface area contributed by atoms with Crippen LogP contribution in [0.1, 0.15) is 24.2 Å². The molecule has 5 heteroatoms. The number of nitrogens with one attached hydrogen (secondary N) is 1. The molecule has 1 aromatic rings. The third kappa shape index (κ3) is 4.03. The second-order valence-electron chi connectivity index (χ2n) is 4.31. The van der Waals surface area contributed by atoms with E-state index in [0.717, 1.165) is 0 Å². The highest BCUT2D eigenvalue weighted by Gasteiger charge is 2.18. The van der Waals surface area contributed by atoms with Crippen molar-refractivity contribution in [3.63, 3.8) is 0 Å². The van der Waals surface area contributed by atoms with Gasteiger partial charge in [0, 0.05) is 16.6 Å². The van der Waals surface area contributed by atoms with Crippen molar-refractivity contribution in [3.8, 4) is 6.07 Å². The van der Waals surface area contributed by atoms with Crippen LogP contribution in [0.15, 0.2) is 22.7 Å². The maximum atomic E-state index is 11.8. The van der Waals surface area contributed by atoms with Gasteiger partial charge >= 0.3 is 0 Å². The van der Waals surface area contributed by atoms with Gasteiger partial charge in [-0.3, -0.25) is 4.79 Å². The van der Waals surface area contributed by atoms with Crippen LogP contribution >= 0.6 is 27.5 Å². The van der Waals surface area contributed by atoms with E-state index in [1.54, 1.807) is 32.0 Å². The predicted molar refractivity (Wildman–Crippen MR) is 70.9 cm³/mol. The van der Waals surface area contributed by atoms with Gasteiger partial charge in [0.05, 0.1) is 16.5 Å². The first kappa shape index (κ1) is 14.0. The third-order valence-electron chi connectivity index (χ3n) is 2.18. The van der Waals surface area contributed by atoms with E-state index in [-0.39, 0.29) is 5.91 Å². The van der Waals surface area contributed by atoms with Crippen LogP contribution in [0, 0.1) is 16.7 Å². The van der Waals surface area contributed by atoms with Crippen molar-refractivity contribution in [2.45, 2.75) is 13.8 Å². The number of halogens is 2. The summed E-state index contributed by atoms with van der Waals surface area (Å²) in [6.07, 6.45) is 0. The summed E-state index contributed by atoms with van der Waals surface area (Å²) in [4.78, 5) is 11.8. The number of carbonyl (C=O) groups is 1. The normalized spacial score (nSPS) is 10.8. The van der Waals surface area contributed by atoms with E-state index >= 15 is 0 Å². The van der Waals surface area contributed by atoms with Gasteiger partial charge in [0.15, 0.2) is 0 Å². The van der Waals surface area contributed by atoms with Gasteiger partial charge in [-0.25, -0.2) is 0 Å². The molecule has 1 amide bonds. The lowest BCUT2D eigenvalue weighted by atomic mass is 9.96. The Morgan fingerprint density at radius 2 is 2.24 bits per heavy atom. The van der Waals surface area contributed by atoms with E-state index in [4.69, 9.17) is 16.9 Å². The lowest BCUT2D eigenvalue weighted by molar-refractivity contribution is 0.0943. The van der Waals surface area contributed by atoms with Gasteiger partial charge in [-0.05, 0) is 48.0 Å². The Morgan fingerprint density at radius 3 is 2.76 bits per heavy atom. The third-order valence-corrected chi connectivity index (χ3v) is 3.39. The Balaban J connectivity index is 2.72. The summed E-state index contributed by atoms with van der Waals surface area (Å²) in [5.41, 5.74) is -0.0608. The van der Waals surface area contributed by atoms with Crippen LogP contribution in [0.4, 0.5) is 0 Å². The lowest BCUT2D eigenvalue weighted by Gasteiger charge is -2.15. The zero-order valence-electron chi connectivity index (χ0n) is 9.55. The highest BCUT2D eigenvalue weighted by Crippen LogP contribution is 2.23. The molecular formula is C12H12BrClN2O. The molecule has 0 bridgehead atoms. The first-order chi connectivity index (χ1) is 7.85. The standard InChI is InChI=1S/C12H12BrClN2O/c1-12(2,6-15)7-16-11(17)8-3-4-10(14)9(13)5-8/h3-5H,7H2,1-2H3,(H,16,17). The molecule has 90 valence electrons. The minimum Gasteiger partial charge on any atom is -0.350 e. The number of rotatable bonds is 3. The van der Waals surface area contributed by atoms with Crippen LogP contribution in [-0.4, -0.2) is 12.5 Å². The molecule has 0 saturated carbocycles. The summed E-state index contributed by atoms with van der Waals surface area (Å²) < 4.78 is 0.673. The second-order valence-corrected chi connectivity index (χ2v) is 5.57. The fourth-order valence-corrected chi connectivity index (χ4v) is 1.58. The smallest absolute Gasteiger partial charge is 0.251 e. The Morgan fingerprint density at radius 1 is 1.59 bits per heavy atom. The maximum Gasteiger partial charge on any atom is 0.251 e. The molecule has 1 N–H and O–H groups in total. The summed E-state index contributed by atoms with van der Waals surface area (Å²) >= 11 is 9.09. The summed E-state index contributed by atoms with van der Waals surface area (Å²) in [5, 5.41) is 12.1. The highest BCUT2D eigenvalue weighted by molar-refractivity contribution is 9.10. The minimum atomic E-state index is -0.570. The van der Waals surface area contributed by atoms with E-state index in [9.17, 15) is 4.79 Å². The number of nitriles is 1. The van der Waals surface area contributed by atoms with Gasteiger partial charge < -0.3 is 5.32 Å². The number of nitrogens with zero attached hydrogens (tertiary/aromatic N) is 1. The van der Waals surface area contributed by atoms with Crippen molar-refractivity contribution in [2.75, 3.05) is 6.54 Å². The predicted octanol–water partition coefficient (Wildman–Crippen LogP) is 3.38. The number of hydrogen-bond acceptors (Lipinski definition) is 2. The molecule has 0 unspecified atom stereocenters. The Bertz CT molecular complexity index is 480. The Hall–Kier alpha value is -1.05. The van der Waals surface area contributed by atoms with E-state index in [1.807, 2.05) is 0 Å². The molecule has 1 rings (SSSR count). The zero-order valence-corrected chi connectivity index (χ0v) is 11.9. The molecule has 1 aromatic carbocycles. The first-order valence-corrected chi connectivity index (χ1v) is 6.17. The van der Waals surface area contributed by atoms with Crippen molar-refractivity contribution < 1.29 is 4.79 Å². The SMILES string of the molecule is CC(C)(C#N)CNC(=O)c1ccc(Cl)c(Br)c1. The molecule has 0 heterocycles. The number of benzene rings is 1. The largest absolute Gasteiger partial charge is 0.350 e. The molecule has 0 aliphatic heterocycles. The summed E-state index contributed by atoms with van der Waals surface area (Å²) in [5.74, 6) is -0.217. The average molecular weight is 316 g/mol. The summed E-state index contributed by atoms with van der Waals surface area (Å²) in [7, 11) is 0. The van der Waals surface area contributed by atoms with Gasteiger partial charge in [0.1, 0.15) is 0 Å². The van der Waals surface area contributed by atoms with Crippen molar-refractivity contribution in [2.24, 2.45) is 5.41 Å². The van der Waals surface area contributed by atoms with Gasteiger partial charge in [0.25, 0.3) is 5.91 Å². The maximum absolute atomic E-state index is 11.8. The second kappa shape index (κ2) is 5.52. The van der Waals surface area contributed by atoms with Crippen molar-refractivity contribution in [1.29, 1.82) is 5.26 Å². The van der Waals surface area contributed by atoms with Gasteiger partial charge in [-0.2, -0.15) is 5.26 Å². The zero-order chi connectivity index (χ0) is 13.1. The molecule has 0 saturated heterocycles. The minimum absolute atomic E-state index is 0.217. The van der Waals surface area contributed by atoms with Gasteiger partial charge in [0.2, 0.25) is 0 Å². The van der Waals surface area contributed by atoms with Crippen LogP contribution in [0.3, 0.4) is 0 Å². The Kier molecular flexibility index (Phi) is 4.55. The Labute approximate surface area is 114 Å². The van der Waals surface area contributed by atoms with E-state index < -0.39 is 5.41 Å². The summed E-state index contributed by atoms with van der Waals surface area (Å²) in [6, 6.07) is 7.06. The molecule has 17 heavy (non-hydrogen) atoms. The van der Waals surface area contributed by atoms with Gasteiger partial charge in [-0.1, -0.05) is 11.6 Å². The van der Waals surface area contributed by atoms with Crippen LogP contribution < -0.4 is 5.32 Å². The molecule has 0 spiro atoms. The molecular weight excluding hydrogens is 304 g/mol.